The minimum atomic E-state index is -0.311. The average molecular weight is 286 g/mol. The quantitative estimate of drug-likeness (QED) is 0.861. The molecule has 2 amide bonds. The van der Waals surface area contributed by atoms with E-state index in [2.05, 4.69) is 37.9 Å². The fourth-order valence-electron chi connectivity index (χ4n) is 2.93. The van der Waals surface area contributed by atoms with Crippen LogP contribution in [0.1, 0.15) is 31.4 Å². The van der Waals surface area contributed by atoms with Crippen LogP contribution < -0.4 is 5.32 Å². The lowest BCUT2D eigenvalue weighted by Gasteiger charge is -2.44. The van der Waals surface area contributed by atoms with Gasteiger partial charge in [-0.25, -0.2) is 0 Å². The Labute approximate surface area is 125 Å². The van der Waals surface area contributed by atoms with Crippen LogP contribution in [-0.2, 0) is 21.5 Å². The number of nitrogens with zero attached hydrogens (tertiary/aromatic N) is 1. The van der Waals surface area contributed by atoms with E-state index < -0.39 is 0 Å². The second-order valence-electron chi connectivity index (χ2n) is 5.76. The Hall–Kier alpha value is -2.10. The maximum absolute atomic E-state index is 12.4. The zero-order valence-corrected chi connectivity index (χ0v) is 12.7. The maximum Gasteiger partial charge on any atom is 0.243 e. The number of carbonyl (C=O) groups excluding carboxylic acids is 2. The van der Waals surface area contributed by atoms with Crippen LogP contribution in [-0.4, -0.2) is 29.8 Å². The molecule has 0 aromatic heterocycles. The molecule has 0 radical (unpaired) electrons. The summed E-state index contributed by atoms with van der Waals surface area (Å²) in [6.07, 6.45) is 2.40. The van der Waals surface area contributed by atoms with Gasteiger partial charge < -0.3 is 10.2 Å². The highest BCUT2D eigenvalue weighted by atomic mass is 16.2. The van der Waals surface area contributed by atoms with E-state index in [0.717, 1.165) is 13.0 Å². The molecule has 0 saturated carbocycles. The van der Waals surface area contributed by atoms with Crippen LogP contribution in [0, 0.1) is 0 Å². The summed E-state index contributed by atoms with van der Waals surface area (Å²) in [5.41, 5.74) is 2.21. The van der Waals surface area contributed by atoms with Gasteiger partial charge in [0.1, 0.15) is 0 Å². The summed E-state index contributed by atoms with van der Waals surface area (Å²) in [6.45, 7) is 8.60. The van der Waals surface area contributed by atoms with E-state index in [4.69, 9.17) is 0 Å². The molecule has 1 N–H and O–H groups in total. The van der Waals surface area contributed by atoms with E-state index in [1.807, 2.05) is 17.0 Å². The van der Waals surface area contributed by atoms with Crippen molar-refractivity contribution in [1.82, 2.24) is 10.2 Å². The number of rotatable bonds is 4. The van der Waals surface area contributed by atoms with E-state index in [-0.39, 0.29) is 17.4 Å². The van der Waals surface area contributed by atoms with Gasteiger partial charge in [0.15, 0.2) is 0 Å². The zero-order chi connectivity index (χ0) is 15.5. The van der Waals surface area contributed by atoms with E-state index >= 15 is 0 Å². The first-order valence-corrected chi connectivity index (χ1v) is 7.26. The first kappa shape index (κ1) is 15.3. The molecular formula is C17H22N2O2. The SMILES string of the molecule is C=CC(=O)NCCC(=O)N1CCc2ccccc2C1(C)C. The van der Waals surface area contributed by atoms with Crippen molar-refractivity contribution in [3.05, 3.63) is 48.0 Å². The fourth-order valence-corrected chi connectivity index (χ4v) is 2.93. The lowest BCUT2D eigenvalue weighted by Crippen LogP contribution is -2.50. The highest BCUT2D eigenvalue weighted by molar-refractivity contribution is 5.87. The average Bonchev–Trinajstić information content (AvgIpc) is 2.47. The molecule has 1 aliphatic heterocycles. The monoisotopic (exact) mass is 286 g/mol. The molecule has 0 unspecified atom stereocenters. The first-order valence-electron chi connectivity index (χ1n) is 7.26. The van der Waals surface area contributed by atoms with Gasteiger partial charge in [0.05, 0.1) is 5.54 Å². The summed E-state index contributed by atoms with van der Waals surface area (Å²) in [5, 5.41) is 2.64. The summed E-state index contributed by atoms with van der Waals surface area (Å²) in [7, 11) is 0. The first-order chi connectivity index (χ1) is 9.96. The molecule has 4 heteroatoms. The lowest BCUT2D eigenvalue weighted by molar-refractivity contribution is -0.137. The number of carbonyl (C=O) groups is 2. The summed E-state index contributed by atoms with van der Waals surface area (Å²) < 4.78 is 0. The third-order valence-corrected chi connectivity index (χ3v) is 4.08. The Bertz CT molecular complexity index is 564. The molecule has 4 nitrogen and oxygen atoms in total. The number of hydrogen-bond acceptors (Lipinski definition) is 2. The zero-order valence-electron chi connectivity index (χ0n) is 12.7. The van der Waals surface area contributed by atoms with Crippen molar-refractivity contribution >= 4 is 11.8 Å². The van der Waals surface area contributed by atoms with Gasteiger partial charge in [0.2, 0.25) is 11.8 Å². The number of amides is 2. The molecule has 0 bridgehead atoms. The number of fused-ring (bicyclic) bond motifs is 1. The molecule has 0 fully saturated rings. The number of benzene rings is 1. The molecule has 0 saturated heterocycles. The standard InChI is InChI=1S/C17H22N2O2/c1-4-15(20)18-11-9-16(21)19-12-10-13-7-5-6-8-14(13)17(19,2)3/h4-8H,1,9-12H2,2-3H3,(H,18,20). The Kier molecular flexibility index (Phi) is 4.46. The highest BCUT2D eigenvalue weighted by Crippen LogP contribution is 2.35. The fraction of sp³-hybridized carbons (Fsp3) is 0.412. The van der Waals surface area contributed by atoms with Crippen molar-refractivity contribution in [2.75, 3.05) is 13.1 Å². The molecule has 0 spiro atoms. The van der Waals surface area contributed by atoms with E-state index in [9.17, 15) is 9.59 Å². The van der Waals surface area contributed by atoms with Crippen molar-refractivity contribution in [2.45, 2.75) is 32.2 Å². The van der Waals surface area contributed by atoms with Gasteiger partial charge in [0, 0.05) is 19.5 Å². The van der Waals surface area contributed by atoms with E-state index in [1.54, 1.807) is 0 Å². The minimum Gasteiger partial charge on any atom is -0.352 e. The van der Waals surface area contributed by atoms with Crippen molar-refractivity contribution in [2.24, 2.45) is 0 Å². The topological polar surface area (TPSA) is 49.4 Å². The molecule has 21 heavy (non-hydrogen) atoms. The van der Waals surface area contributed by atoms with Gasteiger partial charge in [-0.05, 0) is 37.5 Å². The molecular weight excluding hydrogens is 264 g/mol. The normalized spacial score (nSPS) is 16.0. The number of nitrogens with one attached hydrogen (secondary N) is 1. The van der Waals surface area contributed by atoms with Crippen LogP contribution >= 0.6 is 0 Å². The second-order valence-corrected chi connectivity index (χ2v) is 5.76. The smallest absolute Gasteiger partial charge is 0.243 e. The molecule has 0 aliphatic carbocycles. The predicted octanol–water partition coefficient (Wildman–Crippen LogP) is 2.00. The molecule has 1 aliphatic rings. The summed E-state index contributed by atoms with van der Waals surface area (Å²) in [4.78, 5) is 25.5. The predicted molar refractivity (Wildman–Crippen MR) is 82.7 cm³/mol. The van der Waals surface area contributed by atoms with Crippen LogP contribution in [0.3, 0.4) is 0 Å². The van der Waals surface area contributed by atoms with Gasteiger partial charge in [-0.3, -0.25) is 9.59 Å². The molecule has 1 aromatic rings. The third-order valence-electron chi connectivity index (χ3n) is 4.08. The van der Waals surface area contributed by atoms with Gasteiger partial charge in [-0.15, -0.1) is 0 Å². The van der Waals surface area contributed by atoms with Crippen LogP contribution in [0.25, 0.3) is 0 Å². The van der Waals surface area contributed by atoms with Crippen molar-refractivity contribution in [1.29, 1.82) is 0 Å². The largest absolute Gasteiger partial charge is 0.352 e. The van der Waals surface area contributed by atoms with Gasteiger partial charge in [-0.1, -0.05) is 30.8 Å². The molecule has 112 valence electrons. The molecule has 0 atom stereocenters. The molecule has 1 aromatic carbocycles. The van der Waals surface area contributed by atoms with Crippen molar-refractivity contribution in [3.63, 3.8) is 0 Å². The van der Waals surface area contributed by atoms with Crippen LogP contribution in [0.2, 0.25) is 0 Å². The Morgan fingerprint density at radius 1 is 1.38 bits per heavy atom. The Morgan fingerprint density at radius 2 is 2.10 bits per heavy atom. The Morgan fingerprint density at radius 3 is 2.81 bits per heavy atom. The van der Waals surface area contributed by atoms with Gasteiger partial charge in [0.25, 0.3) is 0 Å². The van der Waals surface area contributed by atoms with Crippen LogP contribution in [0.15, 0.2) is 36.9 Å². The van der Waals surface area contributed by atoms with Gasteiger partial charge in [-0.2, -0.15) is 0 Å². The Balaban J connectivity index is 2.06. The summed E-state index contributed by atoms with van der Waals surface area (Å²) in [5.74, 6) is -0.176. The molecule has 2 rings (SSSR count). The van der Waals surface area contributed by atoms with Crippen molar-refractivity contribution < 1.29 is 9.59 Å². The van der Waals surface area contributed by atoms with Crippen molar-refractivity contribution in [3.8, 4) is 0 Å². The summed E-state index contributed by atoms with van der Waals surface area (Å²) >= 11 is 0. The van der Waals surface area contributed by atoms with Crippen LogP contribution in [0.4, 0.5) is 0 Å². The maximum atomic E-state index is 12.4. The third kappa shape index (κ3) is 3.15. The summed E-state index contributed by atoms with van der Waals surface area (Å²) in [6, 6.07) is 8.27. The highest BCUT2D eigenvalue weighted by Gasteiger charge is 2.36. The number of hydrogen-bond donors (Lipinski definition) is 1. The minimum absolute atomic E-state index is 0.0684. The van der Waals surface area contributed by atoms with E-state index in [0.29, 0.717) is 13.0 Å². The second kappa shape index (κ2) is 6.12. The molecule has 1 heterocycles. The van der Waals surface area contributed by atoms with E-state index in [1.165, 1.54) is 17.2 Å². The van der Waals surface area contributed by atoms with Gasteiger partial charge >= 0.3 is 0 Å². The van der Waals surface area contributed by atoms with Crippen LogP contribution in [0.5, 0.6) is 0 Å². The lowest BCUT2D eigenvalue weighted by atomic mass is 9.83.